The zero-order valence-corrected chi connectivity index (χ0v) is 16.6. The van der Waals surface area contributed by atoms with Crippen molar-refractivity contribution in [1.29, 1.82) is 0 Å². The van der Waals surface area contributed by atoms with Crippen LogP contribution >= 0.6 is 0 Å². The molecular weight excluding hydrogens is 376 g/mol. The van der Waals surface area contributed by atoms with Gasteiger partial charge in [0.1, 0.15) is 5.75 Å². The molecule has 2 N–H and O–H groups in total. The molecule has 0 fully saturated rings. The predicted molar refractivity (Wildman–Crippen MR) is 106 cm³/mol. The molecule has 1 atom stereocenters. The number of methoxy groups -OCH3 is 1. The summed E-state index contributed by atoms with van der Waals surface area (Å²) in [6.07, 6.45) is -1.29. The van der Waals surface area contributed by atoms with E-state index in [0.717, 1.165) is 0 Å². The van der Waals surface area contributed by atoms with Crippen LogP contribution in [0.1, 0.15) is 34.5 Å². The molecule has 2 rings (SSSR count). The van der Waals surface area contributed by atoms with Crippen molar-refractivity contribution in [3.05, 3.63) is 65.2 Å². The number of urea groups is 1. The van der Waals surface area contributed by atoms with E-state index < -0.39 is 24.0 Å². The highest BCUT2D eigenvalue weighted by Gasteiger charge is 2.27. The lowest BCUT2D eigenvalue weighted by Crippen LogP contribution is -2.41. The number of esters is 1. The summed E-state index contributed by atoms with van der Waals surface area (Å²) >= 11 is 0. The van der Waals surface area contributed by atoms with Crippen LogP contribution in [-0.2, 0) is 20.9 Å². The average Bonchev–Trinajstić information content (AvgIpc) is 2.75. The maximum absolute atomic E-state index is 12.7. The molecule has 29 heavy (non-hydrogen) atoms. The van der Waals surface area contributed by atoms with Gasteiger partial charge in [0.05, 0.1) is 19.3 Å². The summed E-state index contributed by atoms with van der Waals surface area (Å²) in [4.78, 5) is 36.7. The number of amides is 3. The molecule has 0 radical (unpaired) electrons. The zero-order chi connectivity index (χ0) is 21.2. The van der Waals surface area contributed by atoms with E-state index in [2.05, 4.69) is 10.6 Å². The van der Waals surface area contributed by atoms with E-state index in [-0.39, 0.29) is 12.2 Å². The minimum absolute atomic E-state index is 0.231. The summed E-state index contributed by atoms with van der Waals surface area (Å²) in [6.45, 7) is 2.63. The summed E-state index contributed by atoms with van der Waals surface area (Å²) in [5.41, 5.74) is 1.34. The van der Waals surface area contributed by atoms with Crippen molar-refractivity contribution in [2.75, 3.05) is 20.8 Å². The van der Waals surface area contributed by atoms with Gasteiger partial charge in [-0.2, -0.15) is 0 Å². The van der Waals surface area contributed by atoms with Gasteiger partial charge in [-0.05, 0) is 25.1 Å². The fourth-order valence-corrected chi connectivity index (χ4v) is 2.55. The van der Waals surface area contributed by atoms with Crippen molar-refractivity contribution >= 4 is 17.9 Å². The molecule has 8 heteroatoms. The third kappa shape index (κ3) is 6.05. The molecule has 0 spiro atoms. The topological polar surface area (TPSA) is 103 Å². The molecule has 0 heterocycles. The lowest BCUT2D eigenvalue weighted by molar-refractivity contribution is -0.129. The highest BCUT2D eigenvalue weighted by atomic mass is 16.5. The molecule has 154 valence electrons. The van der Waals surface area contributed by atoms with Gasteiger partial charge in [0.25, 0.3) is 5.91 Å². The van der Waals surface area contributed by atoms with Crippen molar-refractivity contribution in [1.82, 2.24) is 10.6 Å². The number of imide groups is 1. The Kier molecular flexibility index (Phi) is 8.17. The first-order valence-electron chi connectivity index (χ1n) is 9.03. The molecule has 0 bridgehead atoms. The fourth-order valence-electron chi connectivity index (χ4n) is 2.55. The Labute approximate surface area is 169 Å². The van der Waals surface area contributed by atoms with Gasteiger partial charge in [-0.1, -0.05) is 30.3 Å². The van der Waals surface area contributed by atoms with E-state index >= 15 is 0 Å². The standard InChI is InChI=1S/C21H24N2O6/c1-4-28-13-16-12-15(10-11-17(16)27-3)20(25)29-18(14-8-6-5-7-9-14)19(24)23-21(26)22-2/h5-12,18H,4,13H2,1-3H3,(H2,22,23,24,26)/t18-/m0/s1. The number of hydrogen-bond donors (Lipinski definition) is 2. The molecule has 3 amide bonds. The number of carbonyl (C=O) groups excluding carboxylic acids is 3. The summed E-state index contributed by atoms with van der Waals surface area (Å²) in [5.74, 6) is -0.898. The van der Waals surface area contributed by atoms with Gasteiger partial charge in [0.2, 0.25) is 6.10 Å². The van der Waals surface area contributed by atoms with Crippen LogP contribution in [0.2, 0.25) is 0 Å². The minimum atomic E-state index is -1.29. The molecule has 0 unspecified atom stereocenters. The molecule has 0 aliphatic rings. The first-order chi connectivity index (χ1) is 14.0. The van der Waals surface area contributed by atoms with Gasteiger partial charge in [-0.15, -0.1) is 0 Å². The Hall–Kier alpha value is -3.39. The van der Waals surface area contributed by atoms with Crippen LogP contribution in [-0.4, -0.2) is 38.7 Å². The normalized spacial score (nSPS) is 11.3. The summed E-state index contributed by atoms with van der Waals surface area (Å²) in [7, 11) is 2.90. The first-order valence-corrected chi connectivity index (χ1v) is 9.03. The van der Waals surface area contributed by atoms with Crippen LogP contribution in [0.25, 0.3) is 0 Å². The summed E-state index contributed by atoms with van der Waals surface area (Å²) < 4.78 is 16.1. The largest absolute Gasteiger partial charge is 0.496 e. The van der Waals surface area contributed by atoms with Crippen molar-refractivity contribution in [2.24, 2.45) is 0 Å². The number of ether oxygens (including phenoxy) is 3. The first kappa shape index (κ1) is 21.9. The second-order valence-corrected chi connectivity index (χ2v) is 5.93. The Morgan fingerprint density at radius 3 is 2.41 bits per heavy atom. The van der Waals surface area contributed by atoms with Crippen molar-refractivity contribution in [3.63, 3.8) is 0 Å². The van der Waals surface area contributed by atoms with Crippen molar-refractivity contribution in [3.8, 4) is 5.75 Å². The lowest BCUT2D eigenvalue weighted by atomic mass is 10.1. The zero-order valence-electron chi connectivity index (χ0n) is 16.6. The molecule has 0 aliphatic carbocycles. The molecule has 2 aromatic rings. The van der Waals surface area contributed by atoms with Gasteiger partial charge < -0.3 is 19.5 Å². The Balaban J connectivity index is 2.27. The Bertz CT molecular complexity index is 854. The minimum Gasteiger partial charge on any atom is -0.496 e. The lowest BCUT2D eigenvalue weighted by Gasteiger charge is -2.18. The predicted octanol–water partition coefficient (Wildman–Crippen LogP) is 2.59. The van der Waals surface area contributed by atoms with Gasteiger partial charge in [0.15, 0.2) is 0 Å². The van der Waals surface area contributed by atoms with Crippen molar-refractivity contribution in [2.45, 2.75) is 19.6 Å². The van der Waals surface area contributed by atoms with Gasteiger partial charge in [-0.3, -0.25) is 10.1 Å². The number of rotatable bonds is 8. The van der Waals surface area contributed by atoms with Crippen LogP contribution in [0.5, 0.6) is 5.75 Å². The van der Waals surface area contributed by atoms with E-state index in [1.165, 1.54) is 20.2 Å². The summed E-state index contributed by atoms with van der Waals surface area (Å²) in [5, 5.41) is 4.42. The molecular formula is C21H24N2O6. The quantitative estimate of drug-likeness (QED) is 0.660. The molecule has 0 saturated heterocycles. The fraction of sp³-hybridized carbons (Fsp3) is 0.286. The second-order valence-electron chi connectivity index (χ2n) is 5.93. The van der Waals surface area contributed by atoms with E-state index in [1.54, 1.807) is 42.5 Å². The van der Waals surface area contributed by atoms with Crippen LogP contribution in [0, 0.1) is 0 Å². The number of benzene rings is 2. The molecule has 2 aromatic carbocycles. The van der Waals surface area contributed by atoms with Gasteiger partial charge in [-0.25, -0.2) is 9.59 Å². The van der Waals surface area contributed by atoms with Gasteiger partial charge in [0, 0.05) is 24.8 Å². The SMILES string of the molecule is CCOCc1cc(C(=O)O[C@H](C(=O)NC(=O)NC)c2ccccc2)ccc1OC. The highest BCUT2D eigenvalue weighted by Crippen LogP contribution is 2.24. The monoisotopic (exact) mass is 400 g/mol. The molecule has 0 saturated carbocycles. The third-order valence-corrected chi connectivity index (χ3v) is 4.01. The second kappa shape index (κ2) is 10.8. The van der Waals surface area contributed by atoms with Gasteiger partial charge >= 0.3 is 12.0 Å². The smallest absolute Gasteiger partial charge is 0.339 e. The van der Waals surface area contributed by atoms with E-state index in [9.17, 15) is 14.4 Å². The van der Waals surface area contributed by atoms with E-state index in [0.29, 0.717) is 23.5 Å². The maximum Gasteiger partial charge on any atom is 0.339 e. The molecule has 8 nitrogen and oxygen atoms in total. The van der Waals surface area contributed by atoms with Crippen LogP contribution in [0.15, 0.2) is 48.5 Å². The Morgan fingerprint density at radius 1 is 1.07 bits per heavy atom. The summed E-state index contributed by atoms with van der Waals surface area (Å²) in [6, 6.07) is 12.5. The maximum atomic E-state index is 12.7. The Morgan fingerprint density at radius 2 is 1.79 bits per heavy atom. The van der Waals surface area contributed by atoms with E-state index in [4.69, 9.17) is 14.2 Å². The van der Waals surface area contributed by atoms with Crippen LogP contribution in [0.3, 0.4) is 0 Å². The van der Waals surface area contributed by atoms with Crippen LogP contribution in [0.4, 0.5) is 4.79 Å². The van der Waals surface area contributed by atoms with Crippen LogP contribution < -0.4 is 15.4 Å². The number of nitrogens with one attached hydrogen (secondary N) is 2. The molecule has 0 aromatic heterocycles. The third-order valence-electron chi connectivity index (χ3n) is 4.01. The number of hydrogen-bond acceptors (Lipinski definition) is 6. The number of carbonyl (C=O) groups is 3. The van der Waals surface area contributed by atoms with Crippen molar-refractivity contribution < 1.29 is 28.6 Å². The highest BCUT2D eigenvalue weighted by molar-refractivity contribution is 5.99. The van der Waals surface area contributed by atoms with E-state index in [1.807, 2.05) is 6.92 Å². The molecule has 0 aliphatic heterocycles. The average molecular weight is 400 g/mol.